The zero-order valence-electron chi connectivity index (χ0n) is 13.1. The van der Waals surface area contributed by atoms with Crippen molar-refractivity contribution < 1.29 is 8.42 Å². The monoisotopic (exact) mass is 304 g/mol. The van der Waals surface area contributed by atoms with Crippen molar-refractivity contribution in [3.63, 3.8) is 0 Å². The van der Waals surface area contributed by atoms with Crippen molar-refractivity contribution in [1.29, 1.82) is 0 Å². The molecule has 0 spiro atoms. The summed E-state index contributed by atoms with van der Waals surface area (Å²) in [6.45, 7) is 6.09. The molecule has 0 aromatic heterocycles. The van der Waals surface area contributed by atoms with Crippen LogP contribution < -0.4 is 0 Å². The molecule has 0 aliphatic heterocycles. The van der Waals surface area contributed by atoms with E-state index in [2.05, 4.69) is 19.1 Å². The Labute approximate surface area is 128 Å². The van der Waals surface area contributed by atoms with Crippen LogP contribution >= 0.6 is 0 Å². The predicted octanol–water partition coefficient (Wildman–Crippen LogP) is 4.60. The van der Waals surface area contributed by atoms with Gasteiger partial charge in [0.05, 0.1) is 10.1 Å². The van der Waals surface area contributed by atoms with Gasteiger partial charge in [-0.2, -0.15) is 0 Å². The quantitative estimate of drug-likeness (QED) is 0.748. The van der Waals surface area contributed by atoms with Crippen LogP contribution in [0.5, 0.6) is 0 Å². The van der Waals surface area contributed by atoms with E-state index in [-0.39, 0.29) is 5.25 Å². The van der Waals surface area contributed by atoms with Crippen molar-refractivity contribution in [2.45, 2.75) is 56.6 Å². The van der Waals surface area contributed by atoms with Crippen LogP contribution in [0.15, 0.2) is 52.5 Å². The van der Waals surface area contributed by atoms with Gasteiger partial charge in [-0.1, -0.05) is 41.0 Å². The Morgan fingerprint density at radius 1 is 0.952 bits per heavy atom. The molecule has 2 nitrogen and oxygen atoms in total. The molecule has 0 fully saturated rings. The summed E-state index contributed by atoms with van der Waals surface area (Å²) in [4.78, 5) is 0.441. The molecule has 1 unspecified atom stereocenters. The van der Waals surface area contributed by atoms with Gasteiger partial charge in [0.1, 0.15) is 0 Å². The molecule has 0 radical (unpaired) electrons. The normalized spacial score (nSPS) is 25.8. The highest BCUT2D eigenvalue weighted by Gasteiger charge is 2.27. The van der Waals surface area contributed by atoms with Gasteiger partial charge >= 0.3 is 0 Å². The third kappa shape index (κ3) is 4.07. The maximum Gasteiger partial charge on any atom is 0.181 e. The fourth-order valence-electron chi connectivity index (χ4n) is 2.66. The van der Waals surface area contributed by atoms with E-state index in [1.165, 1.54) is 11.1 Å². The van der Waals surface area contributed by atoms with Crippen LogP contribution in [0.2, 0.25) is 0 Å². The SMILES string of the molecule is C/C1=C/CC(S(=O)(=O)c2ccc(C)cc2)C/C(C)=C/CC1. The number of rotatable bonds is 2. The maximum absolute atomic E-state index is 12.9. The number of benzene rings is 1. The molecular weight excluding hydrogens is 280 g/mol. The molecule has 0 saturated carbocycles. The number of hydrogen-bond acceptors (Lipinski definition) is 2. The van der Waals surface area contributed by atoms with Gasteiger partial charge < -0.3 is 0 Å². The number of aryl methyl sites for hydroxylation is 1. The lowest BCUT2D eigenvalue weighted by atomic mass is 10.1. The average molecular weight is 304 g/mol. The molecule has 2 rings (SSSR count). The summed E-state index contributed by atoms with van der Waals surface area (Å²) in [6, 6.07) is 7.19. The third-order valence-electron chi connectivity index (χ3n) is 4.10. The highest BCUT2D eigenvalue weighted by atomic mass is 32.2. The average Bonchev–Trinajstić information content (AvgIpc) is 2.51. The largest absolute Gasteiger partial charge is 0.223 e. The summed E-state index contributed by atoms with van der Waals surface area (Å²) in [5.41, 5.74) is 3.54. The van der Waals surface area contributed by atoms with E-state index in [9.17, 15) is 8.42 Å². The Kier molecular flexibility index (Phi) is 5.04. The van der Waals surface area contributed by atoms with Gasteiger partial charge in [0.25, 0.3) is 0 Å². The van der Waals surface area contributed by atoms with Crippen LogP contribution in [-0.4, -0.2) is 13.7 Å². The minimum atomic E-state index is -3.28. The first-order valence-corrected chi connectivity index (χ1v) is 9.06. The van der Waals surface area contributed by atoms with Crippen LogP contribution in [0.3, 0.4) is 0 Å². The smallest absolute Gasteiger partial charge is 0.181 e. The van der Waals surface area contributed by atoms with Crippen molar-refractivity contribution in [2.24, 2.45) is 0 Å². The van der Waals surface area contributed by atoms with E-state index in [1.54, 1.807) is 12.1 Å². The highest BCUT2D eigenvalue weighted by molar-refractivity contribution is 7.92. The van der Waals surface area contributed by atoms with Gasteiger partial charge in [-0.05, 0) is 58.6 Å². The first kappa shape index (κ1) is 16.0. The molecule has 0 amide bonds. The summed E-state index contributed by atoms with van der Waals surface area (Å²) in [5.74, 6) is 0. The van der Waals surface area contributed by atoms with E-state index < -0.39 is 9.84 Å². The molecule has 0 bridgehead atoms. The minimum absolute atomic E-state index is 0.357. The van der Waals surface area contributed by atoms with E-state index >= 15 is 0 Å². The molecule has 1 atom stereocenters. The van der Waals surface area contributed by atoms with E-state index in [0.717, 1.165) is 18.4 Å². The number of hydrogen-bond donors (Lipinski definition) is 0. The van der Waals surface area contributed by atoms with Gasteiger partial charge in [0, 0.05) is 0 Å². The molecular formula is C18H24O2S. The molecule has 0 N–H and O–H groups in total. The number of sulfone groups is 1. The summed E-state index contributed by atoms with van der Waals surface area (Å²) in [7, 11) is -3.28. The second-order valence-corrected chi connectivity index (χ2v) is 8.29. The van der Waals surface area contributed by atoms with Gasteiger partial charge in [0.15, 0.2) is 9.84 Å². The molecule has 0 heterocycles. The Hall–Kier alpha value is -1.35. The maximum atomic E-state index is 12.9. The molecule has 1 aromatic rings. The molecule has 1 aromatic carbocycles. The van der Waals surface area contributed by atoms with Crippen molar-refractivity contribution in [2.75, 3.05) is 0 Å². The molecule has 0 saturated heterocycles. The Bertz CT molecular complexity index is 649. The molecule has 114 valence electrons. The van der Waals surface area contributed by atoms with Crippen LogP contribution in [0.4, 0.5) is 0 Å². The third-order valence-corrected chi connectivity index (χ3v) is 6.26. The second-order valence-electron chi connectivity index (χ2n) is 6.06. The second kappa shape index (κ2) is 6.61. The zero-order valence-corrected chi connectivity index (χ0v) is 13.9. The first-order valence-electron chi connectivity index (χ1n) is 7.51. The summed E-state index contributed by atoms with van der Waals surface area (Å²) in [6.07, 6.45) is 7.54. The van der Waals surface area contributed by atoms with Crippen molar-refractivity contribution in [3.8, 4) is 0 Å². The van der Waals surface area contributed by atoms with Crippen LogP contribution in [0.25, 0.3) is 0 Å². The summed E-state index contributed by atoms with van der Waals surface area (Å²) in [5, 5.41) is -0.357. The standard InChI is InChI=1S/C18H24O2S/c1-14-5-4-6-16(3)13-18(12-9-14)21(19,20)17-10-7-15(2)8-11-17/h6-11,18H,4-5,12-13H2,1-3H3/b14-9-,16-6+. The molecule has 1 aliphatic rings. The van der Waals surface area contributed by atoms with Crippen molar-refractivity contribution in [3.05, 3.63) is 53.1 Å². The van der Waals surface area contributed by atoms with Gasteiger partial charge in [0.2, 0.25) is 0 Å². The highest BCUT2D eigenvalue weighted by Crippen LogP contribution is 2.26. The zero-order chi connectivity index (χ0) is 15.5. The van der Waals surface area contributed by atoms with E-state index in [1.807, 2.05) is 26.0 Å². The lowest BCUT2D eigenvalue weighted by Crippen LogP contribution is -2.21. The van der Waals surface area contributed by atoms with Crippen molar-refractivity contribution >= 4 is 9.84 Å². The Morgan fingerprint density at radius 3 is 2.29 bits per heavy atom. The predicted molar refractivity (Wildman–Crippen MR) is 88.1 cm³/mol. The van der Waals surface area contributed by atoms with Crippen LogP contribution in [0, 0.1) is 6.92 Å². The van der Waals surface area contributed by atoms with E-state index in [0.29, 0.717) is 17.7 Å². The van der Waals surface area contributed by atoms with Crippen LogP contribution in [-0.2, 0) is 9.84 Å². The van der Waals surface area contributed by atoms with Crippen molar-refractivity contribution in [1.82, 2.24) is 0 Å². The van der Waals surface area contributed by atoms with Gasteiger partial charge in [-0.15, -0.1) is 0 Å². The first-order chi connectivity index (χ1) is 9.89. The Balaban J connectivity index is 2.35. The number of allylic oxidation sites excluding steroid dienone is 4. The molecule has 1 aliphatic carbocycles. The Morgan fingerprint density at radius 2 is 1.62 bits per heavy atom. The van der Waals surface area contributed by atoms with Gasteiger partial charge in [-0.3, -0.25) is 0 Å². The fourth-order valence-corrected chi connectivity index (χ4v) is 4.40. The fraction of sp³-hybridized carbons (Fsp3) is 0.444. The van der Waals surface area contributed by atoms with Crippen LogP contribution in [0.1, 0.15) is 45.1 Å². The van der Waals surface area contributed by atoms with Gasteiger partial charge in [-0.25, -0.2) is 8.42 Å². The summed E-state index contributed by atoms with van der Waals surface area (Å²) < 4.78 is 25.7. The summed E-state index contributed by atoms with van der Waals surface area (Å²) >= 11 is 0. The molecule has 3 heteroatoms. The molecule has 21 heavy (non-hydrogen) atoms. The lowest BCUT2D eigenvalue weighted by molar-refractivity contribution is 0.577. The minimum Gasteiger partial charge on any atom is -0.223 e. The van der Waals surface area contributed by atoms with E-state index in [4.69, 9.17) is 0 Å². The lowest BCUT2D eigenvalue weighted by Gasteiger charge is -2.17. The topological polar surface area (TPSA) is 34.1 Å².